The summed E-state index contributed by atoms with van der Waals surface area (Å²) in [6, 6.07) is 3.58. The van der Waals surface area contributed by atoms with Gasteiger partial charge in [-0.1, -0.05) is 0 Å². The topological polar surface area (TPSA) is 51.3 Å². The molecule has 0 atom stereocenters. The highest BCUT2D eigenvalue weighted by Crippen LogP contribution is 2.27. The Morgan fingerprint density at radius 1 is 1.31 bits per heavy atom. The van der Waals surface area contributed by atoms with Gasteiger partial charge >= 0.3 is 5.97 Å². The zero-order chi connectivity index (χ0) is 11.7. The lowest BCUT2D eigenvalue weighted by Gasteiger charge is -2.07. The van der Waals surface area contributed by atoms with Crippen LogP contribution in [0.5, 0.6) is 5.75 Å². The number of aryl methyl sites for hydroxylation is 1. The van der Waals surface area contributed by atoms with Crippen molar-refractivity contribution < 1.29 is 14.3 Å². The van der Waals surface area contributed by atoms with Crippen molar-refractivity contribution >= 4 is 16.9 Å². The molecule has 0 aliphatic heterocycles. The molecule has 1 heterocycles. The van der Waals surface area contributed by atoms with Crippen molar-refractivity contribution in [1.82, 2.24) is 4.98 Å². The van der Waals surface area contributed by atoms with E-state index in [0.717, 1.165) is 16.5 Å². The van der Waals surface area contributed by atoms with E-state index in [1.54, 1.807) is 12.1 Å². The van der Waals surface area contributed by atoms with Crippen LogP contribution in [0.1, 0.15) is 15.9 Å². The molecule has 0 saturated carbocycles. The standard InChI is InChI=1S/C12H13NO3/c1-7-6-13-10-5-11(15-2)9(4-8(7)10)12(14)16-3/h4-6,13H,1-3H3. The van der Waals surface area contributed by atoms with Crippen LogP contribution < -0.4 is 4.74 Å². The third kappa shape index (κ3) is 1.52. The average Bonchev–Trinajstić information content (AvgIpc) is 2.68. The number of rotatable bonds is 2. The molecule has 0 aliphatic rings. The lowest BCUT2D eigenvalue weighted by Crippen LogP contribution is -2.03. The number of carbonyl (C=O) groups is 1. The maximum atomic E-state index is 11.6. The van der Waals surface area contributed by atoms with Crippen molar-refractivity contribution in [3.63, 3.8) is 0 Å². The summed E-state index contributed by atoms with van der Waals surface area (Å²) in [7, 11) is 2.89. The number of H-pyrrole nitrogens is 1. The first-order chi connectivity index (χ1) is 7.67. The minimum atomic E-state index is -0.389. The van der Waals surface area contributed by atoms with Crippen LogP contribution in [-0.2, 0) is 4.74 Å². The van der Waals surface area contributed by atoms with Gasteiger partial charge in [0.15, 0.2) is 0 Å². The molecule has 4 nitrogen and oxygen atoms in total. The minimum Gasteiger partial charge on any atom is -0.496 e. The van der Waals surface area contributed by atoms with E-state index in [2.05, 4.69) is 4.98 Å². The van der Waals surface area contributed by atoms with Crippen LogP contribution in [0.25, 0.3) is 10.9 Å². The first-order valence-corrected chi connectivity index (χ1v) is 4.91. The third-order valence-electron chi connectivity index (χ3n) is 2.61. The summed E-state index contributed by atoms with van der Waals surface area (Å²) >= 11 is 0. The van der Waals surface area contributed by atoms with Crippen LogP contribution in [0.4, 0.5) is 0 Å². The molecule has 4 heteroatoms. The molecule has 0 fully saturated rings. The van der Waals surface area contributed by atoms with E-state index in [1.807, 2.05) is 13.1 Å². The summed E-state index contributed by atoms with van der Waals surface area (Å²) in [6.45, 7) is 1.98. The van der Waals surface area contributed by atoms with Crippen molar-refractivity contribution in [3.05, 3.63) is 29.5 Å². The largest absolute Gasteiger partial charge is 0.496 e. The monoisotopic (exact) mass is 219 g/mol. The van der Waals surface area contributed by atoms with Gasteiger partial charge in [0.05, 0.1) is 14.2 Å². The summed E-state index contributed by atoms with van der Waals surface area (Å²) in [5.41, 5.74) is 2.48. The highest BCUT2D eigenvalue weighted by molar-refractivity contribution is 5.98. The second-order valence-electron chi connectivity index (χ2n) is 3.56. The van der Waals surface area contributed by atoms with Crippen molar-refractivity contribution in [1.29, 1.82) is 0 Å². The zero-order valence-electron chi connectivity index (χ0n) is 9.46. The Morgan fingerprint density at radius 3 is 2.69 bits per heavy atom. The predicted molar refractivity (Wildman–Crippen MR) is 60.9 cm³/mol. The SMILES string of the molecule is COC(=O)c1cc2c(C)c[nH]c2cc1OC. The van der Waals surface area contributed by atoms with Gasteiger partial charge in [-0.2, -0.15) is 0 Å². The number of esters is 1. The van der Waals surface area contributed by atoms with Gasteiger partial charge in [0.2, 0.25) is 0 Å². The molecule has 1 aromatic heterocycles. The quantitative estimate of drug-likeness (QED) is 0.788. The average molecular weight is 219 g/mol. The van der Waals surface area contributed by atoms with Gasteiger partial charge in [0.25, 0.3) is 0 Å². The van der Waals surface area contributed by atoms with Crippen LogP contribution in [0.3, 0.4) is 0 Å². The highest BCUT2D eigenvalue weighted by atomic mass is 16.5. The van der Waals surface area contributed by atoms with Gasteiger partial charge in [0, 0.05) is 23.2 Å². The molecule has 1 N–H and O–H groups in total. The van der Waals surface area contributed by atoms with E-state index in [9.17, 15) is 4.79 Å². The van der Waals surface area contributed by atoms with Gasteiger partial charge in [-0.05, 0) is 18.6 Å². The fourth-order valence-corrected chi connectivity index (χ4v) is 1.73. The Hall–Kier alpha value is -1.97. The second kappa shape index (κ2) is 3.89. The molecule has 0 amide bonds. The molecule has 1 aromatic carbocycles. The van der Waals surface area contributed by atoms with E-state index in [0.29, 0.717) is 11.3 Å². The summed E-state index contributed by atoms with van der Waals surface area (Å²) in [5, 5.41) is 1.00. The number of hydrogen-bond acceptors (Lipinski definition) is 3. The number of hydrogen-bond donors (Lipinski definition) is 1. The summed E-state index contributed by atoms with van der Waals surface area (Å²) in [5.74, 6) is 0.126. The first-order valence-electron chi connectivity index (χ1n) is 4.91. The lowest BCUT2D eigenvalue weighted by molar-refractivity contribution is 0.0597. The molecule has 16 heavy (non-hydrogen) atoms. The molecule has 0 spiro atoms. The molecular weight excluding hydrogens is 206 g/mol. The van der Waals surface area contributed by atoms with E-state index in [-0.39, 0.29) is 5.97 Å². The Labute approximate surface area is 93.2 Å². The van der Waals surface area contributed by atoms with Crippen LogP contribution >= 0.6 is 0 Å². The van der Waals surface area contributed by atoms with Crippen molar-refractivity contribution in [2.24, 2.45) is 0 Å². The number of fused-ring (bicyclic) bond motifs is 1. The van der Waals surface area contributed by atoms with Gasteiger partial charge in [-0.25, -0.2) is 4.79 Å². The Morgan fingerprint density at radius 2 is 2.06 bits per heavy atom. The molecule has 0 aliphatic carbocycles. The van der Waals surface area contributed by atoms with E-state index < -0.39 is 0 Å². The molecule has 0 saturated heterocycles. The van der Waals surface area contributed by atoms with Gasteiger partial charge < -0.3 is 14.5 Å². The second-order valence-corrected chi connectivity index (χ2v) is 3.56. The minimum absolute atomic E-state index is 0.389. The van der Waals surface area contributed by atoms with Crippen LogP contribution in [0.15, 0.2) is 18.3 Å². The maximum Gasteiger partial charge on any atom is 0.341 e. The number of aromatic nitrogens is 1. The van der Waals surface area contributed by atoms with Gasteiger partial charge in [-0.3, -0.25) is 0 Å². The smallest absolute Gasteiger partial charge is 0.341 e. The summed E-state index contributed by atoms with van der Waals surface area (Å²) in [6.07, 6.45) is 1.89. The number of methoxy groups -OCH3 is 2. The Bertz CT molecular complexity index is 542. The van der Waals surface area contributed by atoms with Gasteiger partial charge in [-0.15, -0.1) is 0 Å². The molecule has 84 valence electrons. The number of carbonyl (C=O) groups excluding carboxylic acids is 1. The molecule has 0 bridgehead atoms. The van der Waals surface area contributed by atoms with Crippen LogP contribution in [0, 0.1) is 6.92 Å². The number of benzene rings is 1. The Balaban J connectivity index is 2.69. The van der Waals surface area contributed by atoms with E-state index in [4.69, 9.17) is 9.47 Å². The molecule has 2 rings (SSSR count). The fourth-order valence-electron chi connectivity index (χ4n) is 1.73. The van der Waals surface area contributed by atoms with Crippen molar-refractivity contribution in [2.75, 3.05) is 14.2 Å². The number of ether oxygens (including phenoxy) is 2. The Kier molecular flexibility index (Phi) is 2.56. The molecule has 0 radical (unpaired) electrons. The summed E-state index contributed by atoms with van der Waals surface area (Å²) in [4.78, 5) is 14.7. The molecular formula is C12H13NO3. The number of aromatic amines is 1. The van der Waals surface area contributed by atoms with E-state index >= 15 is 0 Å². The molecule has 2 aromatic rings. The molecule has 0 unspecified atom stereocenters. The first kappa shape index (κ1) is 10.5. The normalized spacial score (nSPS) is 10.4. The third-order valence-corrected chi connectivity index (χ3v) is 2.61. The van der Waals surface area contributed by atoms with Crippen LogP contribution in [0.2, 0.25) is 0 Å². The van der Waals surface area contributed by atoms with Crippen molar-refractivity contribution in [3.8, 4) is 5.75 Å². The fraction of sp³-hybridized carbons (Fsp3) is 0.250. The zero-order valence-corrected chi connectivity index (χ0v) is 9.46. The predicted octanol–water partition coefficient (Wildman–Crippen LogP) is 2.27. The summed E-state index contributed by atoms with van der Waals surface area (Å²) < 4.78 is 9.88. The van der Waals surface area contributed by atoms with E-state index in [1.165, 1.54) is 14.2 Å². The lowest BCUT2D eigenvalue weighted by atomic mass is 10.1. The highest BCUT2D eigenvalue weighted by Gasteiger charge is 2.15. The number of nitrogens with one attached hydrogen (secondary N) is 1. The van der Waals surface area contributed by atoms with Gasteiger partial charge in [0.1, 0.15) is 11.3 Å². The van der Waals surface area contributed by atoms with Crippen LogP contribution in [-0.4, -0.2) is 25.2 Å². The maximum absolute atomic E-state index is 11.6. The van der Waals surface area contributed by atoms with Crippen molar-refractivity contribution in [2.45, 2.75) is 6.92 Å².